The topological polar surface area (TPSA) is 49.4 Å². The summed E-state index contributed by atoms with van der Waals surface area (Å²) in [7, 11) is 0. The van der Waals surface area contributed by atoms with Crippen LogP contribution in [0.5, 0.6) is 0 Å². The average molecular weight is 330 g/mol. The second-order valence-corrected chi connectivity index (χ2v) is 7.41. The van der Waals surface area contributed by atoms with Gasteiger partial charge in [-0.3, -0.25) is 9.59 Å². The minimum Gasteiger partial charge on any atom is -0.349 e. The van der Waals surface area contributed by atoms with Gasteiger partial charge in [-0.25, -0.2) is 4.39 Å². The summed E-state index contributed by atoms with van der Waals surface area (Å²) in [6, 6.07) is 6.27. The lowest BCUT2D eigenvalue weighted by Crippen LogP contribution is -2.54. The second-order valence-electron chi connectivity index (χ2n) is 7.41. The van der Waals surface area contributed by atoms with E-state index in [2.05, 4.69) is 10.2 Å². The molecule has 2 unspecified atom stereocenters. The molecule has 1 saturated carbocycles. The molecule has 5 heteroatoms. The van der Waals surface area contributed by atoms with Gasteiger partial charge in [0.25, 0.3) is 5.91 Å². The molecule has 2 amide bonds. The van der Waals surface area contributed by atoms with Crippen molar-refractivity contribution < 1.29 is 14.0 Å². The highest BCUT2D eigenvalue weighted by Crippen LogP contribution is 2.39. The molecule has 3 aliphatic rings. The molecule has 2 saturated heterocycles. The largest absolute Gasteiger partial charge is 0.349 e. The Morgan fingerprint density at radius 2 is 1.62 bits per heavy atom. The lowest BCUT2D eigenvalue weighted by Gasteiger charge is -2.42. The highest BCUT2D eigenvalue weighted by Gasteiger charge is 2.45. The van der Waals surface area contributed by atoms with Crippen LogP contribution in [-0.4, -0.2) is 34.8 Å². The van der Waals surface area contributed by atoms with E-state index in [1.54, 1.807) is 0 Å². The summed E-state index contributed by atoms with van der Waals surface area (Å²) < 4.78 is 13.0. The van der Waals surface area contributed by atoms with Gasteiger partial charge in [0.15, 0.2) is 0 Å². The van der Waals surface area contributed by atoms with E-state index < -0.39 is 0 Å². The molecule has 1 aromatic carbocycles. The first-order valence-corrected chi connectivity index (χ1v) is 9.00. The maximum atomic E-state index is 13.0. The molecular formula is C19H23FN2O2. The van der Waals surface area contributed by atoms with E-state index in [1.165, 1.54) is 30.7 Å². The number of benzene rings is 1. The second kappa shape index (κ2) is 6.19. The van der Waals surface area contributed by atoms with Crippen LogP contribution in [-0.2, 0) is 4.79 Å². The fourth-order valence-corrected chi connectivity index (χ4v) is 4.39. The Morgan fingerprint density at radius 3 is 2.17 bits per heavy atom. The van der Waals surface area contributed by atoms with Crippen molar-refractivity contribution >= 4 is 11.8 Å². The monoisotopic (exact) mass is 330 g/mol. The van der Waals surface area contributed by atoms with E-state index >= 15 is 0 Å². The van der Waals surface area contributed by atoms with E-state index in [1.807, 2.05) is 0 Å². The highest BCUT2D eigenvalue weighted by atomic mass is 19.1. The van der Waals surface area contributed by atoms with Crippen molar-refractivity contribution in [3.63, 3.8) is 0 Å². The van der Waals surface area contributed by atoms with Gasteiger partial charge in [-0.1, -0.05) is 6.42 Å². The lowest BCUT2D eigenvalue weighted by molar-refractivity contribution is -0.143. The zero-order valence-corrected chi connectivity index (χ0v) is 13.7. The molecule has 4 rings (SSSR count). The third kappa shape index (κ3) is 2.80. The zero-order valence-electron chi connectivity index (χ0n) is 13.7. The number of nitrogens with zero attached hydrogens (tertiary/aromatic N) is 1. The summed E-state index contributed by atoms with van der Waals surface area (Å²) in [5.41, 5.74) is 0.483. The zero-order chi connectivity index (χ0) is 16.7. The van der Waals surface area contributed by atoms with Crippen molar-refractivity contribution in [2.24, 2.45) is 5.92 Å². The summed E-state index contributed by atoms with van der Waals surface area (Å²) in [4.78, 5) is 27.1. The Balaban J connectivity index is 1.38. The van der Waals surface area contributed by atoms with Crippen LogP contribution in [0.1, 0.15) is 55.3 Å². The molecule has 0 spiro atoms. The first-order valence-electron chi connectivity index (χ1n) is 9.00. The Bertz CT molecular complexity index is 627. The number of nitrogens with one attached hydrogen (secondary N) is 1. The van der Waals surface area contributed by atoms with Crippen molar-refractivity contribution in [3.8, 4) is 0 Å². The lowest BCUT2D eigenvalue weighted by atomic mass is 9.83. The number of rotatable bonds is 3. The van der Waals surface area contributed by atoms with Crippen LogP contribution in [0.3, 0.4) is 0 Å². The minimum atomic E-state index is -0.340. The van der Waals surface area contributed by atoms with Crippen LogP contribution in [0.2, 0.25) is 0 Å². The van der Waals surface area contributed by atoms with Gasteiger partial charge < -0.3 is 10.2 Å². The molecule has 1 aliphatic carbocycles. The Morgan fingerprint density at radius 1 is 1.00 bits per heavy atom. The molecule has 2 aliphatic heterocycles. The fourth-order valence-electron chi connectivity index (χ4n) is 4.39. The molecule has 2 heterocycles. The third-order valence-electron chi connectivity index (χ3n) is 5.88. The number of piperidine rings is 1. The summed E-state index contributed by atoms with van der Waals surface area (Å²) in [6.45, 7) is 0. The molecule has 0 radical (unpaired) electrons. The molecule has 3 fully saturated rings. The number of fused-ring (bicyclic) bond motifs is 2. The molecule has 2 bridgehead atoms. The number of carbonyl (C=O) groups excluding carboxylic acids is 2. The summed E-state index contributed by atoms with van der Waals surface area (Å²) in [5.74, 6) is 0.0982. The summed E-state index contributed by atoms with van der Waals surface area (Å²) in [5, 5.41) is 3.07. The predicted octanol–water partition coefficient (Wildman–Crippen LogP) is 2.88. The van der Waals surface area contributed by atoms with Crippen LogP contribution in [0.4, 0.5) is 4.39 Å². The Labute approximate surface area is 141 Å². The maximum absolute atomic E-state index is 13.0. The van der Waals surface area contributed by atoms with Gasteiger partial charge in [0.2, 0.25) is 5.91 Å². The van der Waals surface area contributed by atoms with E-state index in [4.69, 9.17) is 0 Å². The molecule has 1 aromatic rings. The van der Waals surface area contributed by atoms with E-state index in [-0.39, 0.29) is 35.8 Å². The average Bonchev–Trinajstić information content (AvgIpc) is 2.77. The van der Waals surface area contributed by atoms with Crippen LogP contribution >= 0.6 is 0 Å². The normalized spacial score (nSPS) is 29.2. The molecule has 24 heavy (non-hydrogen) atoms. The van der Waals surface area contributed by atoms with Gasteiger partial charge in [0.1, 0.15) is 5.82 Å². The number of hydrogen-bond donors (Lipinski definition) is 1. The number of amides is 2. The Kier molecular flexibility index (Phi) is 4.02. The van der Waals surface area contributed by atoms with Gasteiger partial charge >= 0.3 is 0 Å². The van der Waals surface area contributed by atoms with Gasteiger partial charge in [-0.05, 0) is 62.8 Å². The quantitative estimate of drug-likeness (QED) is 0.926. The standard InChI is InChI=1S/C19H23FN2O2/c20-14-6-4-12(5-7-14)18(23)21-15-10-16-8-9-17(11-15)22(16)19(24)13-2-1-3-13/h4-7,13,15-17H,1-3,8-11H2,(H,21,23). The number of hydrogen-bond acceptors (Lipinski definition) is 2. The number of halogens is 1. The fraction of sp³-hybridized carbons (Fsp3) is 0.579. The molecule has 2 atom stereocenters. The van der Waals surface area contributed by atoms with Gasteiger partial charge in [0.05, 0.1) is 0 Å². The van der Waals surface area contributed by atoms with E-state index in [0.717, 1.165) is 38.5 Å². The van der Waals surface area contributed by atoms with E-state index in [9.17, 15) is 14.0 Å². The van der Waals surface area contributed by atoms with Crippen molar-refractivity contribution in [1.82, 2.24) is 10.2 Å². The first-order chi connectivity index (χ1) is 11.6. The van der Waals surface area contributed by atoms with Crippen molar-refractivity contribution in [2.45, 2.75) is 63.1 Å². The van der Waals surface area contributed by atoms with Crippen LogP contribution in [0, 0.1) is 11.7 Å². The number of carbonyl (C=O) groups is 2. The van der Waals surface area contributed by atoms with Crippen molar-refractivity contribution in [2.75, 3.05) is 0 Å². The van der Waals surface area contributed by atoms with Gasteiger partial charge in [0, 0.05) is 29.6 Å². The first kappa shape index (κ1) is 15.6. The third-order valence-corrected chi connectivity index (χ3v) is 5.88. The SMILES string of the molecule is O=C(NC1CC2CCC(C1)N2C(=O)C1CCC1)c1ccc(F)cc1. The van der Waals surface area contributed by atoms with Crippen LogP contribution < -0.4 is 5.32 Å². The molecule has 1 N–H and O–H groups in total. The molecular weight excluding hydrogens is 307 g/mol. The van der Waals surface area contributed by atoms with Gasteiger partial charge in [-0.15, -0.1) is 0 Å². The van der Waals surface area contributed by atoms with Crippen LogP contribution in [0.25, 0.3) is 0 Å². The van der Waals surface area contributed by atoms with E-state index in [0.29, 0.717) is 11.5 Å². The van der Waals surface area contributed by atoms with Gasteiger partial charge in [-0.2, -0.15) is 0 Å². The summed E-state index contributed by atoms with van der Waals surface area (Å²) >= 11 is 0. The highest BCUT2D eigenvalue weighted by molar-refractivity contribution is 5.94. The predicted molar refractivity (Wildman–Crippen MR) is 87.9 cm³/mol. The van der Waals surface area contributed by atoms with Crippen molar-refractivity contribution in [1.29, 1.82) is 0 Å². The Hall–Kier alpha value is -1.91. The molecule has 128 valence electrons. The molecule has 0 aromatic heterocycles. The minimum absolute atomic E-state index is 0.102. The smallest absolute Gasteiger partial charge is 0.251 e. The maximum Gasteiger partial charge on any atom is 0.251 e. The summed E-state index contributed by atoms with van der Waals surface area (Å²) in [6.07, 6.45) is 7.02. The van der Waals surface area contributed by atoms with Crippen molar-refractivity contribution in [3.05, 3.63) is 35.6 Å². The van der Waals surface area contributed by atoms with Crippen LogP contribution in [0.15, 0.2) is 24.3 Å². The molecule has 4 nitrogen and oxygen atoms in total.